The Kier molecular flexibility index (Phi) is 73.9. The zero-order valence-corrected chi connectivity index (χ0v) is 58.3. The number of nitrogens with one attached hydrogen (secondary N) is 1. The molecule has 2 atom stereocenters. The summed E-state index contributed by atoms with van der Waals surface area (Å²) in [5.41, 5.74) is 0. The fourth-order valence-corrected chi connectivity index (χ4v) is 12.4. The maximum Gasteiger partial charge on any atom is 0.305 e. The van der Waals surface area contributed by atoms with Crippen molar-refractivity contribution in [3.05, 3.63) is 36.5 Å². The number of hydrogen-bond acceptors (Lipinski definition) is 5. The third kappa shape index (κ3) is 71.2. The van der Waals surface area contributed by atoms with Gasteiger partial charge in [-0.15, -0.1) is 0 Å². The lowest BCUT2D eigenvalue weighted by molar-refractivity contribution is -0.143. The van der Waals surface area contributed by atoms with Gasteiger partial charge in [0, 0.05) is 12.8 Å². The number of ether oxygens (including phenoxy) is 1. The largest absolute Gasteiger partial charge is 0.466 e. The number of allylic oxidation sites excluding steroid dienone is 6. The molecular formula is C80H153NO5. The standard InChI is InChI=1S/C80H153NO5/c1-3-5-7-9-11-13-15-17-19-44-48-52-56-60-64-68-72-78(83)77(76-82)81-79(84)73-69-65-61-57-53-49-45-42-40-38-36-34-32-30-28-26-24-22-21-23-25-27-29-31-33-35-37-39-41-43-47-51-55-59-63-67-71-75-86-80(85)74-70-66-62-58-54-50-46-20-18-16-14-12-10-8-6-4-2/h14,16,20-21,23,46,77-78,82-83H,3-13,15,17-19,22,24-45,47-76H2,1-2H3,(H,81,84)/b16-14-,23-21-,46-20-. The van der Waals surface area contributed by atoms with Crippen molar-refractivity contribution >= 4 is 11.9 Å². The Balaban J connectivity index is 3.33. The molecule has 0 fully saturated rings. The molecule has 0 aliphatic rings. The molecule has 3 N–H and O–H groups in total. The second kappa shape index (κ2) is 75.5. The van der Waals surface area contributed by atoms with E-state index in [0.717, 1.165) is 51.4 Å². The highest BCUT2D eigenvalue weighted by atomic mass is 16.5. The molecule has 2 unspecified atom stereocenters. The molecule has 0 aliphatic heterocycles. The summed E-state index contributed by atoms with van der Waals surface area (Å²) >= 11 is 0. The summed E-state index contributed by atoms with van der Waals surface area (Å²) in [6, 6.07) is -0.538. The van der Waals surface area contributed by atoms with Crippen LogP contribution in [-0.2, 0) is 14.3 Å². The first-order valence-corrected chi connectivity index (χ1v) is 39.2. The Morgan fingerprint density at radius 2 is 0.581 bits per heavy atom. The van der Waals surface area contributed by atoms with Crippen LogP contribution in [0.2, 0.25) is 0 Å². The highest BCUT2D eigenvalue weighted by molar-refractivity contribution is 5.76. The molecule has 6 nitrogen and oxygen atoms in total. The minimum atomic E-state index is -0.661. The maximum atomic E-state index is 12.5. The lowest BCUT2D eigenvalue weighted by atomic mass is 10.0. The number of esters is 1. The highest BCUT2D eigenvalue weighted by Gasteiger charge is 2.20. The maximum absolute atomic E-state index is 12.5. The fraction of sp³-hybridized carbons (Fsp3) is 0.900. The molecule has 0 aromatic heterocycles. The van der Waals surface area contributed by atoms with Crippen LogP contribution in [-0.4, -0.2) is 47.4 Å². The van der Waals surface area contributed by atoms with Crippen LogP contribution < -0.4 is 5.32 Å². The Morgan fingerprint density at radius 3 is 0.907 bits per heavy atom. The first-order chi connectivity index (χ1) is 42.5. The van der Waals surface area contributed by atoms with Crippen molar-refractivity contribution in [1.29, 1.82) is 0 Å². The predicted molar refractivity (Wildman–Crippen MR) is 379 cm³/mol. The van der Waals surface area contributed by atoms with E-state index >= 15 is 0 Å². The van der Waals surface area contributed by atoms with Crippen molar-refractivity contribution in [2.75, 3.05) is 13.2 Å². The van der Waals surface area contributed by atoms with E-state index in [0.29, 0.717) is 25.9 Å². The molecule has 0 bridgehead atoms. The van der Waals surface area contributed by atoms with E-state index in [-0.39, 0.29) is 18.5 Å². The molecule has 1 amide bonds. The molecule has 0 saturated heterocycles. The van der Waals surface area contributed by atoms with E-state index in [4.69, 9.17) is 4.74 Å². The molecule has 0 radical (unpaired) electrons. The van der Waals surface area contributed by atoms with Crippen LogP contribution in [0.15, 0.2) is 36.5 Å². The first kappa shape index (κ1) is 84.1. The van der Waals surface area contributed by atoms with Gasteiger partial charge in [-0.1, -0.05) is 378 Å². The lowest BCUT2D eigenvalue weighted by Gasteiger charge is -2.22. The van der Waals surface area contributed by atoms with Gasteiger partial charge in [0.25, 0.3) is 0 Å². The molecule has 0 heterocycles. The normalized spacial score (nSPS) is 12.7. The molecule has 0 aromatic carbocycles. The second-order valence-corrected chi connectivity index (χ2v) is 27.0. The van der Waals surface area contributed by atoms with Crippen molar-refractivity contribution < 1.29 is 24.5 Å². The van der Waals surface area contributed by atoms with Gasteiger partial charge in [0.2, 0.25) is 5.91 Å². The SMILES string of the molecule is CCCCCC/C=C\C/C=C\CCCCCCCC(=O)OCCCCCCCCCCCCCCCCCC/C=C\CCCCCCCCCCCCCCCCCCCC(=O)NC(CO)C(O)CCCCCCCCCCCCCCCCCC. The van der Waals surface area contributed by atoms with E-state index in [9.17, 15) is 19.8 Å². The summed E-state index contributed by atoms with van der Waals surface area (Å²) in [4.78, 5) is 24.6. The number of rotatable bonds is 74. The second-order valence-electron chi connectivity index (χ2n) is 27.0. The predicted octanol–water partition coefficient (Wildman–Crippen LogP) is 25.8. The van der Waals surface area contributed by atoms with Crippen molar-refractivity contribution in [3.63, 3.8) is 0 Å². The van der Waals surface area contributed by atoms with Gasteiger partial charge in [0.15, 0.2) is 0 Å². The van der Waals surface area contributed by atoms with Crippen molar-refractivity contribution in [1.82, 2.24) is 5.32 Å². The molecule has 0 saturated carbocycles. The smallest absolute Gasteiger partial charge is 0.305 e. The van der Waals surface area contributed by atoms with Crippen LogP contribution in [0.5, 0.6) is 0 Å². The van der Waals surface area contributed by atoms with Crippen LogP contribution >= 0.6 is 0 Å². The molecular weight excluding hydrogens is 1050 g/mol. The average Bonchev–Trinajstić information content (AvgIpc) is 3.60. The Morgan fingerprint density at radius 1 is 0.326 bits per heavy atom. The van der Waals surface area contributed by atoms with Crippen molar-refractivity contribution in [2.45, 2.75) is 450 Å². The van der Waals surface area contributed by atoms with Gasteiger partial charge in [0.1, 0.15) is 0 Å². The zero-order valence-electron chi connectivity index (χ0n) is 58.3. The number of carbonyl (C=O) groups excluding carboxylic acids is 2. The van der Waals surface area contributed by atoms with Gasteiger partial charge in [-0.25, -0.2) is 0 Å². The van der Waals surface area contributed by atoms with Crippen molar-refractivity contribution in [3.8, 4) is 0 Å². The van der Waals surface area contributed by atoms with Crippen LogP contribution in [0.4, 0.5) is 0 Å². The molecule has 0 rings (SSSR count). The number of aliphatic hydroxyl groups is 2. The molecule has 0 aliphatic carbocycles. The van der Waals surface area contributed by atoms with E-state index in [1.165, 1.54) is 353 Å². The number of amides is 1. The van der Waals surface area contributed by atoms with Crippen LogP contribution in [0.1, 0.15) is 438 Å². The topological polar surface area (TPSA) is 95.9 Å². The van der Waals surface area contributed by atoms with Gasteiger partial charge in [-0.05, 0) is 83.5 Å². The first-order valence-electron chi connectivity index (χ1n) is 39.2. The van der Waals surface area contributed by atoms with E-state index < -0.39 is 12.1 Å². The summed E-state index contributed by atoms with van der Waals surface area (Å²) in [7, 11) is 0. The Labute approximate surface area is 538 Å². The van der Waals surface area contributed by atoms with Gasteiger partial charge in [-0.3, -0.25) is 9.59 Å². The molecule has 508 valence electrons. The monoisotopic (exact) mass is 1210 g/mol. The summed E-state index contributed by atoms with van der Waals surface area (Å²) in [5.74, 6) is -0.0189. The van der Waals surface area contributed by atoms with E-state index in [2.05, 4.69) is 55.6 Å². The van der Waals surface area contributed by atoms with Crippen LogP contribution in [0.25, 0.3) is 0 Å². The Bertz CT molecular complexity index is 1390. The van der Waals surface area contributed by atoms with Gasteiger partial charge >= 0.3 is 5.97 Å². The van der Waals surface area contributed by atoms with E-state index in [1.54, 1.807) is 0 Å². The van der Waals surface area contributed by atoms with Crippen LogP contribution in [0, 0.1) is 0 Å². The molecule has 86 heavy (non-hydrogen) atoms. The minimum absolute atomic E-state index is 0.00850. The summed E-state index contributed by atoms with van der Waals surface area (Å²) in [6.45, 7) is 4.97. The minimum Gasteiger partial charge on any atom is -0.466 e. The zero-order chi connectivity index (χ0) is 62.0. The number of unbranched alkanes of at least 4 members (excludes halogenated alkanes) is 57. The van der Waals surface area contributed by atoms with Gasteiger partial charge in [0.05, 0.1) is 25.4 Å². The Hall–Kier alpha value is -1.92. The third-order valence-electron chi connectivity index (χ3n) is 18.4. The summed E-state index contributed by atoms with van der Waals surface area (Å²) in [5, 5.41) is 23.4. The highest BCUT2D eigenvalue weighted by Crippen LogP contribution is 2.20. The van der Waals surface area contributed by atoms with Gasteiger partial charge < -0.3 is 20.3 Å². The number of hydrogen-bond donors (Lipinski definition) is 3. The fourth-order valence-electron chi connectivity index (χ4n) is 12.4. The molecule has 6 heteroatoms. The van der Waals surface area contributed by atoms with Crippen molar-refractivity contribution in [2.24, 2.45) is 0 Å². The third-order valence-corrected chi connectivity index (χ3v) is 18.4. The molecule has 0 spiro atoms. The average molecular weight is 1210 g/mol. The summed E-state index contributed by atoms with van der Waals surface area (Å²) < 4.78 is 5.50. The number of carbonyl (C=O) groups is 2. The lowest BCUT2D eigenvalue weighted by Crippen LogP contribution is -2.45. The van der Waals surface area contributed by atoms with Gasteiger partial charge in [-0.2, -0.15) is 0 Å². The number of aliphatic hydroxyl groups excluding tert-OH is 2. The molecule has 0 aromatic rings. The van der Waals surface area contributed by atoms with E-state index in [1.807, 2.05) is 0 Å². The summed E-state index contributed by atoms with van der Waals surface area (Å²) in [6.07, 6.45) is 98.1. The quantitative estimate of drug-likeness (QED) is 0.0320. The van der Waals surface area contributed by atoms with Crippen LogP contribution in [0.3, 0.4) is 0 Å².